The van der Waals surface area contributed by atoms with Crippen LogP contribution in [-0.4, -0.2) is 31.9 Å². The third-order valence-electron chi connectivity index (χ3n) is 7.24. The van der Waals surface area contributed by atoms with E-state index in [1.165, 1.54) is 26.0 Å². The predicted octanol–water partition coefficient (Wildman–Crippen LogP) is 7.89. The molecule has 0 aliphatic carbocycles. The summed E-state index contributed by atoms with van der Waals surface area (Å²) in [4.78, 5) is 41.0. The molecule has 5 aromatic carbocycles. The van der Waals surface area contributed by atoms with Gasteiger partial charge in [-0.05, 0) is 90.4 Å². The average molecular weight is 658 g/mol. The monoisotopic (exact) mass is 657 g/mol. The number of carbonyl (C=O) groups excluding carboxylic acids is 3. The standard InChI is InChI=1S/C39H35N3O5S/c1-26-11-10-16-31(23-26)41-39(45)36(28-12-6-4-7-13-28)48-32-20-18-30(19-21-32)40-38(44)33(42-37(43)29-14-8-5-9-15-29)24-27-17-22-34(46-2)35(25-27)47-3/h4-25,36H,1-3H3,(H,40,44)(H,41,45)(H,42,43)/b33-24-. The molecule has 48 heavy (non-hydrogen) atoms. The fraction of sp³-hybridized carbons (Fsp3) is 0.103. The van der Waals surface area contributed by atoms with Crippen molar-refractivity contribution in [2.24, 2.45) is 0 Å². The van der Waals surface area contributed by atoms with Gasteiger partial charge in [-0.1, -0.05) is 66.7 Å². The first-order valence-electron chi connectivity index (χ1n) is 15.1. The van der Waals surface area contributed by atoms with Crippen molar-refractivity contribution in [2.75, 3.05) is 24.9 Å². The zero-order chi connectivity index (χ0) is 33.9. The number of amides is 3. The third kappa shape index (κ3) is 8.92. The Kier molecular flexibility index (Phi) is 11.3. The molecule has 9 heteroatoms. The molecule has 0 bridgehead atoms. The summed E-state index contributed by atoms with van der Waals surface area (Å²) >= 11 is 1.41. The molecular weight excluding hydrogens is 623 g/mol. The van der Waals surface area contributed by atoms with Gasteiger partial charge in [0.1, 0.15) is 10.9 Å². The number of methoxy groups -OCH3 is 2. The molecule has 1 unspecified atom stereocenters. The van der Waals surface area contributed by atoms with Gasteiger partial charge in [-0.15, -0.1) is 11.8 Å². The summed E-state index contributed by atoms with van der Waals surface area (Å²) in [6.45, 7) is 1.98. The number of aryl methyl sites for hydroxylation is 1. The van der Waals surface area contributed by atoms with Gasteiger partial charge in [-0.2, -0.15) is 0 Å². The van der Waals surface area contributed by atoms with Crippen molar-refractivity contribution in [1.82, 2.24) is 5.32 Å². The van der Waals surface area contributed by atoms with Gasteiger partial charge in [0.05, 0.1) is 14.2 Å². The molecule has 0 fully saturated rings. The van der Waals surface area contributed by atoms with E-state index in [4.69, 9.17) is 9.47 Å². The Morgan fingerprint density at radius 2 is 1.38 bits per heavy atom. The van der Waals surface area contributed by atoms with Crippen LogP contribution in [0.3, 0.4) is 0 Å². The molecule has 242 valence electrons. The highest BCUT2D eigenvalue weighted by Crippen LogP contribution is 2.37. The Balaban J connectivity index is 1.35. The second-order valence-electron chi connectivity index (χ2n) is 10.7. The van der Waals surface area contributed by atoms with E-state index in [0.717, 1.165) is 21.7 Å². The molecule has 0 saturated heterocycles. The van der Waals surface area contributed by atoms with Crippen molar-refractivity contribution in [3.05, 3.63) is 155 Å². The second-order valence-corrected chi connectivity index (χ2v) is 11.9. The van der Waals surface area contributed by atoms with Crippen LogP contribution in [0.4, 0.5) is 11.4 Å². The van der Waals surface area contributed by atoms with Crippen molar-refractivity contribution in [1.29, 1.82) is 0 Å². The van der Waals surface area contributed by atoms with Gasteiger partial charge in [0, 0.05) is 21.8 Å². The first-order chi connectivity index (χ1) is 23.3. The van der Waals surface area contributed by atoms with E-state index in [2.05, 4.69) is 16.0 Å². The number of benzene rings is 5. The molecule has 0 aromatic heterocycles. The number of anilines is 2. The molecule has 3 N–H and O–H groups in total. The van der Waals surface area contributed by atoms with Crippen LogP contribution in [0.1, 0.15) is 32.3 Å². The zero-order valence-corrected chi connectivity index (χ0v) is 27.5. The van der Waals surface area contributed by atoms with Gasteiger partial charge in [-0.25, -0.2) is 0 Å². The van der Waals surface area contributed by atoms with Gasteiger partial charge in [-0.3, -0.25) is 14.4 Å². The fourth-order valence-corrected chi connectivity index (χ4v) is 5.86. The normalized spacial score (nSPS) is 11.6. The van der Waals surface area contributed by atoms with Crippen LogP contribution in [0, 0.1) is 6.92 Å². The van der Waals surface area contributed by atoms with Crippen LogP contribution in [0.5, 0.6) is 11.5 Å². The molecule has 1 atom stereocenters. The highest BCUT2D eigenvalue weighted by atomic mass is 32.2. The number of nitrogens with one attached hydrogen (secondary N) is 3. The Morgan fingerprint density at radius 1 is 0.688 bits per heavy atom. The van der Waals surface area contributed by atoms with Crippen LogP contribution in [0.15, 0.2) is 138 Å². The van der Waals surface area contributed by atoms with E-state index in [0.29, 0.717) is 28.3 Å². The van der Waals surface area contributed by atoms with E-state index in [1.54, 1.807) is 60.7 Å². The molecule has 0 saturated carbocycles. The van der Waals surface area contributed by atoms with E-state index >= 15 is 0 Å². The first kappa shape index (κ1) is 33.6. The number of rotatable bonds is 12. The van der Waals surface area contributed by atoms with E-state index < -0.39 is 17.1 Å². The fourth-order valence-electron chi connectivity index (χ4n) is 4.83. The quantitative estimate of drug-likeness (QED) is 0.0931. The van der Waals surface area contributed by atoms with Gasteiger partial charge in [0.15, 0.2) is 11.5 Å². The SMILES string of the molecule is COc1ccc(/C=C(\NC(=O)c2ccccc2)C(=O)Nc2ccc(SC(C(=O)Nc3cccc(C)c3)c3ccccc3)cc2)cc1OC. The lowest BCUT2D eigenvalue weighted by atomic mass is 10.1. The number of ether oxygens (including phenoxy) is 2. The summed E-state index contributed by atoms with van der Waals surface area (Å²) in [5.41, 5.74) is 4.22. The lowest BCUT2D eigenvalue weighted by molar-refractivity contribution is -0.116. The lowest BCUT2D eigenvalue weighted by Gasteiger charge is -2.18. The van der Waals surface area contributed by atoms with Crippen LogP contribution in [-0.2, 0) is 9.59 Å². The molecule has 3 amide bonds. The Labute approximate surface area is 284 Å². The molecule has 0 heterocycles. The summed E-state index contributed by atoms with van der Waals surface area (Å²) in [7, 11) is 3.06. The first-order valence-corrected chi connectivity index (χ1v) is 16.0. The van der Waals surface area contributed by atoms with E-state index in [1.807, 2.05) is 79.7 Å². The average Bonchev–Trinajstić information content (AvgIpc) is 3.11. The summed E-state index contributed by atoms with van der Waals surface area (Å²) in [5, 5.41) is 8.15. The van der Waals surface area contributed by atoms with Crippen LogP contribution >= 0.6 is 11.8 Å². The molecule has 0 spiro atoms. The van der Waals surface area contributed by atoms with Crippen molar-refractivity contribution in [2.45, 2.75) is 17.1 Å². The van der Waals surface area contributed by atoms with Gasteiger partial charge in [0.25, 0.3) is 11.8 Å². The van der Waals surface area contributed by atoms with Crippen LogP contribution in [0.2, 0.25) is 0 Å². The number of thioether (sulfide) groups is 1. The maximum absolute atomic E-state index is 13.6. The Hall–Kier alpha value is -5.80. The molecule has 8 nitrogen and oxygen atoms in total. The van der Waals surface area contributed by atoms with Crippen molar-refractivity contribution < 1.29 is 23.9 Å². The minimum Gasteiger partial charge on any atom is -0.493 e. The molecule has 0 aliphatic heterocycles. The smallest absolute Gasteiger partial charge is 0.272 e. The summed E-state index contributed by atoms with van der Waals surface area (Å²) in [6.07, 6.45) is 1.57. The zero-order valence-electron chi connectivity index (χ0n) is 26.7. The number of hydrogen-bond acceptors (Lipinski definition) is 6. The second kappa shape index (κ2) is 16.2. The Bertz CT molecular complexity index is 1910. The highest BCUT2D eigenvalue weighted by molar-refractivity contribution is 8.00. The van der Waals surface area contributed by atoms with Crippen molar-refractivity contribution >= 4 is 46.9 Å². The van der Waals surface area contributed by atoms with Crippen LogP contribution in [0.25, 0.3) is 6.08 Å². The summed E-state index contributed by atoms with van der Waals surface area (Å²) in [5.74, 6) is -0.0773. The lowest BCUT2D eigenvalue weighted by Crippen LogP contribution is -2.30. The largest absolute Gasteiger partial charge is 0.493 e. The molecule has 0 radical (unpaired) electrons. The topological polar surface area (TPSA) is 106 Å². The predicted molar refractivity (Wildman–Crippen MR) is 191 cm³/mol. The third-order valence-corrected chi connectivity index (χ3v) is 8.51. The van der Waals surface area contributed by atoms with Gasteiger partial charge in [0.2, 0.25) is 5.91 Å². The van der Waals surface area contributed by atoms with Crippen molar-refractivity contribution in [3.63, 3.8) is 0 Å². The molecule has 5 aromatic rings. The maximum Gasteiger partial charge on any atom is 0.272 e. The van der Waals surface area contributed by atoms with Crippen molar-refractivity contribution in [3.8, 4) is 11.5 Å². The molecule has 5 rings (SSSR count). The highest BCUT2D eigenvalue weighted by Gasteiger charge is 2.23. The minimum atomic E-state index is -0.519. The Morgan fingerprint density at radius 3 is 2.04 bits per heavy atom. The summed E-state index contributed by atoms with van der Waals surface area (Å²) in [6, 6.07) is 38.3. The van der Waals surface area contributed by atoms with Gasteiger partial charge >= 0.3 is 0 Å². The van der Waals surface area contributed by atoms with Crippen LogP contribution < -0.4 is 25.4 Å². The molecular formula is C39H35N3O5S. The van der Waals surface area contributed by atoms with E-state index in [9.17, 15) is 14.4 Å². The number of carbonyl (C=O) groups is 3. The van der Waals surface area contributed by atoms with Gasteiger partial charge < -0.3 is 25.4 Å². The summed E-state index contributed by atoms with van der Waals surface area (Å²) < 4.78 is 10.7. The molecule has 0 aliphatic rings. The maximum atomic E-state index is 13.6. The number of hydrogen-bond donors (Lipinski definition) is 3. The minimum absolute atomic E-state index is 0.0338. The van der Waals surface area contributed by atoms with E-state index in [-0.39, 0.29) is 11.6 Å².